The number of hydrogen-bond donors (Lipinski definition) is 2. The van der Waals surface area contributed by atoms with E-state index in [0.29, 0.717) is 38.4 Å². The molecule has 2 rings (SSSR count). The van der Waals surface area contributed by atoms with Gasteiger partial charge in [-0.15, -0.1) is 0 Å². The van der Waals surface area contributed by atoms with Crippen LogP contribution >= 0.6 is 0 Å². The van der Waals surface area contributed by atoms with Crippen LogP contribution in [0.25, 0.3) is 0 Å². The molecule has 28 heavy (non-hydrogen) atoms. The Labute approximate surface area is 166 Å². The second-order valence-electron chi connectivity index (χ2n) is 6.39. The first-order valence-electron chi connectivity index (χ1n) is 9.59. The number of benzene rings is 2. The van der Waals surface area contributed by atoms with Gasteiger partial charge in [-0.2, -0.15) is 5.06 Å². The summed E-state index contributed by atoms with van der Waals surface area (Å²) in [6.07, 6.45) is 2.32. The molecule has 0 bridgehead atoms. The minimum atomic E-state index is 0.364. The molecule has 2 aromatic rings. The maximum atomic E-state index is 11.2. The number of unbranched alkanes of at least 4 members (excludes halogenated alkanes) is 1. The zero-order valence-corrected chi connectivity index (χ0v) is 16.2. The Bertz CT molecular complexity index is 703. The van der Waals surface area contributed by atoms with E-state index in [9.17, 15) is 4.79 Å². The third-order valence-corrected chi connectivity index (χ3v) is 4.13. The number of hydrogen-bond acceptors (Lipinski definition) is 6. The quantitative estimate of drug-likeness (QED) is 0.297. The van der Waals surface area contributed by atoms with Crippen LogP contribution in [0.15, 0.2) is 66.4 Å². The predicted molar refractivity (Wildman–Crippen MR) is 109 cm³/mol. The fourth-order valence-corrected chi connectivity index (χ4v) is 2.55. The summed E-state index contributed by atoms with van der Waals surface area (Å²) in [5, 5.41) is 1.87. The third kappa shape index (κ3) is 8.95. The van der Waals surface area contributed by atoms with E-state index >= 15 is 0 Å². The van der Waals surface area contributed by atoms with Crippen molar-refractivity contribution in [2.24, 2.45) is 5.73 Å². The molecule has 6 nitrogen and oxygen atoms in total. The molecular formula is C22H29N3O3. The van der Waals surface area contributed by atoms with Gasteiger partial charge in [0.2, 0.25) is 0 Å². The van der Waals surface area contributed by atoms with Crippen molar-refractivity contribution in [1.29, 1.82) is 0 Å². The van der Waals surface area contributed by atoms with Gasteiger partial charge in [-0.3, -0.25) is 15.2 Å². The van der Waals surface area contributed by atoms with Gasteiger partial charge < -0.3 is 5.73 Å². The molecule has 150 valence electrons. The lowest BCUT2D eigenvalue weighted by molar-refractivity contribution is -0.170. The standard InChI is InChI=1S/C22H29N3O3/c23-14-7-8-15-25(28-19-21-11-5-2-6-12-21)16-13-22(17-26)24-27-18-20-9-3-1-4-10-20/h1-6,9-12,24H,7-8,13-16,18-19,23H2. The van der Waals surface area contributed by atoms with Gasteiger partial charge in [-0.25, -0.2) is 4.79 Å². The summed E-state index contributed by atoms with van der Waals surface area (Å²) >= 11 is 0. The van der Waals surface area contributed by atoms with E-state index in [1.807, 2.05) is 71.7 Å². The molecule has 0 radical (unpaired) electrons. The Balaban J connectivity index is 1.77. The highest BCUT2D eigenvalue weighted by atomic mass is 16.7. The predicted octanol–water partition coefficient (Wildman–Crippen LogP) is 2.99. The van der Waals surface area contributed by atoms with Crippen LogP contribution in [-0.2, 0) is 27.7 Å². The van der Waals surface area contributed by atoms with E-state index in [-0.39, 0.29) is 0 Å². The molecule has 0 aliphatic heterocycles. The van der Waals surface area contributed by atoms with Gasteiger partial charge in [0, 0.05) is 19.5 Å². The van der Waals surface area contributed by atoms with Crippen LogP contribution in [0.1, 0.15) is 30.4 Å². The van der Waals surface area contributed by atoms with Crippen molar-refractivity contribution in [1.82, 2.24) is 10.5 Å². The molecule has 0 atom stereocenters. The third-order valence-electron chi connectivity index (χ3n) is 4.13. The number of nitrogens with two attached hydrogens (primary N) is 1. The molecular weight excluding hydrogens is 354 g/mol. The molecule has 0 amide bonds. The van der Waals surface area contributed by atoms with E-state index in [0.717, 1.165) is 30.5 Å². The summed E-state index contributed by atoms with van der Waals surface area (Å²) < 4.78 is 0. The summed E-state index contributed by atoms with van der Waals surface area (Å²) in [7, 11) is 0. The molecule has 0 unspecified atom stereocenters. The molecule has 0 spiro atoms. The van der Waals surface area contributed by atoms with Crippen LogP contribution in [0.3, 0.4) is 0 Å². The lowest BCUT2D eigenvalue weighted by atomic mass is 10.2. The Kier molecular flexibility index (Phi) is 10.6. The average molecular weight is 383 g/mol. The average Bonchev–Trinajstić information content (AvgIpc) is 2.75. The van der Waals surface area contributed by atoms with Crippen molar-refractivity contribution in [3.63, 3.8) is 0 Å². The van der Waals surface area contributed by atoms with Crippen LogP contribution in [0.2, 0.25) is 0 Å². The highest BCUT2D eigenvalue weighted by Gasteiger charge is 2.09. The Morgan fingerprint density at radius 2 is 1.57 bits per heavy atom. The fourth-order valence-electron chi connectivity index (χ4n) is 2.55. The largest absolute Gasteiger partial charge is 0.330 e. The number of nitrogens with one attached hydrogen (secondary N) is 1. The lowest BCUT2D eigenvalue weighted by Crippen LogP contribution is -2.28. The summed E-state index contributed by atoms with van der Waals surface area (Å²) in [5.74, 6) is 1.91. The van der Waals surface area contributed by atoms with Gasteiger partial charge in [0.1, 0.15) is 11.6 Å². The minimum absolute atomic E-state index is 0.364. The summed E-state index contributed by atoms with van der Waals surface area (Å²) in [4.78, 5) is 22.6. The zero-order chi connectivity index (χ0) is 19.9. The maximum absolute atomic E-state index is 11.2. The Morgan fingerprint density at radius 3 is 2.18 bits per heavy atom. The minimum Gasteiger partial charge on any atom is -0.330 e. The van der Waals surface area contributed by atoms with Gasteiger partial charge in [-0.1, -0.05) is 60.7 Å². The normalized spacial score (nSPS) is 10.6. The number of nitrogens with zero attached hydrogens (tertiary/aromatic N) is 1. The van der Waals surface area contributed by atoms with Gasteiger partial charge in [0.25, 0.3) is 0 Å². The van der Waals surface area contributed by atoms with Gasteiger partial charge in [-0.05, 0) is 30.5 Å². The molecule has 0 fully saturated rings. The van der Waals surface area contributed by atoms with Gasteiger partial charge in [0.15, 0.2) is 0 Å². The monoisotopic (exact) mass is 383 g/mol. The van der Waals surface area contributed by atoms with Crippen molar-refractivity contribution in [3.05, 3.63) is 77.5 Å². The molecule has 0 saturated carbocycles. The van der Waals surface area contributed by atoms with E-state index in [1.54, 1.807) is 0 Å². The van der Waals surface area contributed by atoms with Gasteiger partial charge >= 0.3 is 0 Å². The summed E-state index contributed by atoms with van der Waals surface area (Å²) in [6.45, 7) is 2.82. The van der Waals surface area contributed by atoms with E-state index in [4.69, 9.17) is 15.4 Å². The summed E-state index contributed by atoms with van der Waals surface area (Å²) in [6, 6.07) is 19.7. The van der Waals surface area contributed by atoms with Crippen LogP contribution in [-0.4, -0.2) is 30.6 Å². The highest BCUT2D eigenvalue weighted by Crippen LogP contribution is 2.07. The first-order valence-corrected chi connectivity index (χ1v) is 9.59. The van der Waals surface area contributed by atoms with Gasteiger partial charge in [0.05, 0.1) is 13.2 Å². The van der Waals surface area contributed by atoms with Crippen LogP contribution in [0, 0.1) is 0 Å². The highest BCUT2D eigenvalue weighted by molar-refractivity contribution is 5.50. The molecule has 0 aliphatic carbocycles. The smallest absolute Gasteiger partial charge is 0.147 e. The van der Waals surface area contributed by atoms with Crippen LogP contribution in [0.4, 0.5) is 0 Å². The number of carbonyl (C=O) groups excluding carboxylic acids is 1. The van der Waals surface area contributed by atoms with Crippen molar-refractivity contribution >= 4 is 5.94 Å². The molecule has 2 aromatic carbocycles. The second kappa shape index (κ2) is 13.7. The van der Waals surface area contributed by atoms with Crippen LogP contribution < -0.4 is 11.2 Å². The molecule has 3 N–H and O–H groups in total. The molecule has 0 heterocycles. The molecule has 0 saturated heterocycles. The van der Waals surface area contributed by atoms with E-state index in [2.05, 4.69) is 5.48 Å². The maximum Gasteiger partial charge on any atom is 0.147 e. The second-order valence-corrected chi connectivity index (χ2v) is 6.39. The van der Waals surface area contributed by atoms with Crippen molar-refractivity contribution < 1.29 is 14.5 Å². The van der Waals surface area contributed by atoms with Crippen LogP contribution in [0.5, 0.6) is 0 Å². The zero-order valence-electron chi connectivity index (χ0n) is 16.2. The van der Waals surface area contributed by atoms with Crippen molar-refractivity contribution in [3.8, 4) is 0 Å². The summed E-state index contributed by atoms with van der Waals surface area (Å²) in [5.41, 5.74) is 10.8. The van der Waals surface area contributed by atoms with E-state index in [1.165, 1.54) is 0 Å². The first-order chi connectivity index (χ1) is 13.8. The van der Waals surface area contributed by atoms with Crippen molar-refractivity contribution in [2.45, 2.75) is 32.5 Å². The Morgan fingerprint density at radius 1 is 0.929 bits per heavy atom. The number of rotatable bonds is 14. The van der Waals surface area contributed by atoms with E-state index < -0.39 is 0 Å². The first kappa shape index (κ1) is 21.8. The molecule has 0 aromatic heterocycles. The molecule has 6 heteroatoms. The Hall–Kier alpha value is -2.47. The fraction of sp³-hybridized carbons (Fsp3) is 0.364. The SMILES string of the molecule is NCCCCN(CCC(=C=O)NOCc1ccccc1)OCc1ccccc1. The molecule has 0 aliphatic rings. The topological polar surface area (TPSA) is 76.8 Å². The lowest BCUT2D eigenvalue weighted by Gasteiger charge is -2.22. The number of hydroxylamine groups is 3. The van der Waals surface area contributed by atoms with Crippen molar-refractivity contribution in [2.75, 3.05) is 19.6 Å².